The number of aromatic hydroxyl groups is 1. The lowest BCUT2D eigenvalue weighted by Gasteiger charge is -1.92. The van der Waals surface area contributed by atoms with Crippen molar-refractivity contribution < 1.29 is 15.0 Å². The summed E-state index contributed by atoms with van der Waals surface area (Å²) in [5, 5.41) is 17.2. The van der Waals surface area contributed by atoms with Gasteiger partial charge < -0.3 is 10.2 Å². The first kappa shape index (κ1) is 61.1. The lowest BCUT2D eigenvalue weighted by atomic mass is 10.2. The SMILES string of the molecule is C.C.C.C.C.C.C.C.C.O=C(O)/C=C/c1ccc(O)cc1. The second-order valence-corrected chi connectivity index (χ2v) is 2.26. The Hall–Kier alpha value is -1.77. The quantitative estimate of drug-likeness (QED) is 0.567. The molecule has 0 aliphatic carbocycles. The standard InChI is InChI=1S/C9H8O3.9CH4/c10-8-4-1-7(2-5-8)3-6-9(11)12;;;;;;;;;/h1-6,10H,(H,11,12);9*1H4/b6-3+;;;;;;;;;. The maximum absolute atomic E-state index is 10.1. The fourth-order valence-corrected chi connectivity index (χ4v) is 0.753. The third kappa shape index (κ3) is 27.4. The monoisotopic (exact) mass is 308 g/mol. The molecule has 0 radical (unpaired) electrons. The normalized spacial score (nSPS) is 5.90. The van der Waals surface area contributed by atoms with E-state index < -0.39 is 5.97 Å². The van der Waals surface area contributed by atoms with Gasteiger partial charge in [-0.15, -0.1) is 0 Å². The molecule has 0 spiro atoms. The van der Waals surface area contributed by atoms with Crippen LogP contribution in [0.1, 0.15) is 72.4 Å². The second-order valence-electron chi connectivity index (χ2n) is 2.26. The van der Waals surface area contributed by atoms with E-state index in [2.05, 4.69) is 0 Å². The first-order chi connectivity index (χ1) is 5.68. The van der Waals surface area contributed by atoms with Gasteiger partial charge in [0.1, 0.15) is 5.75 Å². The van der Waals surface area contributed by atoms with Crippen molar-refractivity contribution in [3.8, 4) is 5.75 Å². The van der Waals surface area contributed by atoms with Crippen LogP contribution in [0.15, 0.2) is 30.3 Å². The summed E-state index contributed by atoms with van der Waals surface area (Å²) in [7, 11) is 0. The van der Waals surface area contributed by atoms with Crippen molar-refractivity contribution in [3.63, 3.8) is 0 Å². The molecule has 21 heavy (non-hydrogen) atoms. The van der Waals surface area contributed by atoms with Gasteiger partial charge in [0.25, 0.3) is 0 Å². The Labute approximate surface area is 136 Å². The van der Waals surface area contributed by atoms with E-state index in [1.807, 2.05) is 0 Å². The Bertz CT molecular complexity index is 301. The topological polar surface area (TPSA) is 57.5 Å². The van der Waals surface area contributed by atoms with Crippen LogP contribution in [0.25, 0.3) is 6.08 Å². The van der Waals surface area contributed by atoms with Crippen LogP contribution < -0.4 is 0 Å². The van der Waals surface area contributed by atoms with Gasteiger partial charge in [0.15, 0.2) is 0 Å². The third-order valence-corrected chi connectivity index (χ3v) is 1.31. The Morgan fingerprint density at radius 3 is 1.38 bits per heavy atom. The highest BCUT2D eigenvalue weighted by Crippen LogP contribution is 2.10. The molecule has 1 aromatic rings. The molecule has 3 nitrogen and oxygen atoms in total. The number of carbonyl (C=O) groups is 1. The molecule has 0 aromatic heterocycles. The maximum Gasteiger partial charge on any atom is 0.328 e. The van der Waals surface area contributed by atoms with Crippen molar-refractivity contribution in [2.75, 3.05) is 0 Å². The summed E-state index contributed by atoms with van der Waals surface area (Å²) >= 11 is 0. The lowest BCUT2D eigenvalue weighted by molar-refractivity contribution is -0.131. The summed E-state index contributed by atoms with van der Waals surface area (Å²) in [5.41, 5.74) is 0.746. The number of carboxylic acid groups (broad SMARTS) is 1. The summed E-state index contributed by atoms with van der Waals surface area (Å²) in [6, 6.07) is 6.27. The third-order valence-electron chi connectivity index (χ3n) is 1.31. The molecule has 2 N–H and O–H groups in total. The molecule has 0 atom stereocenters. The van der Waals surface area contributed by atoms with Gasteiger partial charge in [-0.05, 0) is 23.8 Å². The van der Waals surface area contributed by atoms with Gasteiger partial charge in [0.2, 0.25) is 0 Å². The van der Waals surface area contributed by atoms with Crippen LogP contribution in [0, 0.1) is 0 Å². The highest BCUT2D eigenvalue weighted by molar-refractivity contribution is 5.85. The molecule has 134 valence electrons. The number of hydrogen-bond donors (Lipinski definition) is 2. The van der Waals surface area contributed by atoms with Crippen LogP contribution in [-0.2, 0) is 4.79 Å². The van der Waals surface area contributed by atoms with Gasteiger partial charge >= 0.3 is 5.97 Å². The molecule has 0 amide bonds. The predicted molar refractivity (Wildman–Crippen MR) is 105 cm³/mol. The van der Waals surface area contributed by atoms with E-state index in [1.54, 1.807) is 12.1 Å². The van der Waals surface area contributed by atoms with Crippen molar-refractivity contribution in [1.82, 2.24) is 0 Å². The number of benzene rings is 1. The number of phenolic OH excluding ortho intramolecular Hbond substituents is 1. The summed E-state index contributed by atoms with van der Waals surface area (Å²) in [4.78, 5) is 10.1. The summed E-state index contributed by atoms with van der Waals surface area (Å²) in [5.74, 6) is -0.814. The minimum atomic E-state index is -0.983. The molecule has 0 fully saturated rings. The van der Waals surface area contributed by atoms with E-state index in [-0.39, 0.29) is 72.6 Å². The predicted octanol–water partition coefficient (Wildman–Crippen LogP) is 7.21. The molecule has 0 aliphatic rings. The number of phenols is 1. The highest BCUT2D eigenvalue weighted by atomic mass is 16.4. The van der Waals surface area contributed by atoms with Crippen molar-refractivity contribution in [2.45, 2.75) is 66.8 Å². The van der Waals surface area contributed by atoms with E-state index in [0.717, 1.165) is 11.6 Å². The first-order valence-electron chi connectivity index (χ1n) is 3.38. The molecule has 0 bridgehead atoms. The van der Waals surface area contributed by atoms with Crippen LogP contribution in [0.4, 0.5) is 0 Å². The largest absolute Gasteiger partial charge is 0.508 e. The first-order valence-corrected chi connectivity index (χ1v) is 3.38. The van der Waals surface area contributed by atoms with Crippen LogP contribution in [0.2, 0.25) is 0 Å². The van der Waals surface area contributed by atoms with Crippen LogP contribution in [0.3, 0.4) is 0 Å². The van der Waals surface area contributed by atoms with Crippen molar-refractivity contribution >= 4 is 12.0 Å². The Balaban J connectivity index is -0.0000000229. The van der Waals surface area contributed by atoms with Crippen LogP contribution >= 0.6 is 0 Å². The summed E-state index contributed by atoms with van der Waals surface area (Å²) < 4.78 is 0. The molecular formula is C18H44O3. The molecule has 0 aliphatic heterocycles. The number of rotatable bonds is 2. The highest BCUT2D eigenvalue weighted by Gasteiger charge is 1.89. The van der Waals surface area contributed by atoms with Gasteiger partial charge in [0.05, 0.1) is 0 Å². The summed E-state index contributed by atoms with van der Waals surface area (Å²) in [6.45, 7) is 0. The maximum atomic E-state index is 10.1. The van der Waals surface area contributed by atoms with Crippen LogP contribution in [-0.4, -0.2) is 16.2 Å². The Morgan fingerprint density at radius 2 is 1.10 bits per heavy atom. The average Bonchev–Trinajstić information content (AvgIpc) is 2.03. The molecule has 0 heterocycles. The fraction of sp³-hybridized carbons (Fsp3) is 0.500. The molecular weight excluding hydrogens is 264 g/mol. The smallest absolute Gasteiger partial charge is 0.328 e. The zero-order valence-corrected chi connectivity index (χ0v) is 6.27. The van der Waals surface area contributed by atoms with Crippen molar-refractivity contribution in [2.24, 2.45) is 0 Å². The number of hydrogen-bond acceptors (Lipinski definition) is 2. The minimum absolute atomic E-state index is 0. The van der Waals surface area contributed by atoms with E-state index >= 15 is 0 Å². The van der Waals surface area contributed by atoms with Gasteiger partial charge in [-0.1, -0.05) is 79.0 Å². The lowest BCUT2D eigenvalue weighted by Crippen LogP contribution is -1.85. The Kier molecular flexibility index (Phi) is 89.9. The van der Waals surface area contributed by atoms with Gasteiger partial charge in [-0.3, -0.25) is 0 Å². The van der Waals surface area contributed by atoms with Crippen LogP contribution in [0.5, 0.6) is 5.75 Å². The Morgan fingerprint density at radius 1 is 0.762 bits per heavy atom. The molecule has 0 saturated carbocycles. The van der Waals surface area contributed by atoms with Crippen molar-refractivity contribution in [1.29, 1.82) is 0 Å². The molecule has 0 unspecified atom stereocenters. The average molecular weight is 309 g/mol. The van der Waals surface area contributed by atoms with E-state index in [0.29, 0.717) is 0 Å². The zero-order chi connectivity index (χ0) is 8.97. The molecule has 3 heteroatoms. The van der Waals surface area contributed by atoms with E-state index in [4.69, 9.17) is 10.2 Å². The second kappa shape index (κ2) is 30.9. The minimum Gasteiger partial charge on any atom is -0.508 e. The summed E-state index contributed by atoms with van der Waals surface area (Å²) in [6.07, 6.45) is 2.51. The van der Waals surface area contributed by atoms with Gasteiger partial charge in [-0.25, -0.2) is 4.79 Å². The van der Waals surface area contributed by atoms with Crippen molar-refractivity contribution in [3.05, 3.63) is 35.9 Å². The van der Waals surface area contributed by atoms with Gasteiger partial charge in [0, 0.05) is 6.08 Å². The van der Waals surface area contributed by atoms with E-state index in [1.165, 1.54) is 18.2 Å². The molecule has 1 rings (SSSR count). The molecule has 0 saturated heterocycles. The molecule has 1 aromatic carbocycles. The zero-order valence-electron chi connectivity index (χ0n) is 6.27. The van der Waals surface area contributed by atoms with E-state index in [9.17, 15) is 4.79 Å². The fourth-order valence-electron chi connectivity index (χ4n) is 0.753. The van der Waals surface area contributed by atoms with Gasteiger partial charge in [-0.2, -0.15) is 0 Å². The number of carboxylic acids is 1. The number of aliphatic carboxylic acids is 1.